The average Bonchev–Trinajstić information content (AvgIpc) is 2.51. The van der Waals surface area contributed by atoms with Crippen LogP contribution in [0.5, 0.6) is 5.75 Å². The van der Waals surface area contributed by atoms with Crippen LogP contribution in [0.1, 0.15) is 12.5 Å². The summed E-state index contributed by atoms with van der Waals surface area (Å²) in [6.07, 6.45) is -1.02. The fourth-order valence-electron chi connectivity index (χ4n) is 1.94. The highest BCUT2D eigenvalue weighted by Crippen LogP contribution is 2.29. The number of anilines is 1. The van der Waals surface area contributed by atoms with Crippen LogP contribution in [-0.4, -0.2) is 16.9 Å². The quantitative estimate of drug-likeness (QED) is 0.648. The number of ether oxygens (including phenoxy) is 1. The first-order valence-electron chi connectivity index (χ1n) is 6.95. The summed E-state index contributed by atoms with van der Waals surface area (Å²) in [6.45, 7) is 3.15. The van der Waals surface area contributed by atoms with Crippen molar-refractivity contribution in [1.29, 1.82) is 0 Å². The van der Waals surface area contributed by atoms with Gasteiger partial charge in [0.1, 0.15) is 5.82 Å². The summed E-state index contributed by atoms with van der Waals surface area (Å²) in [5.41, 5.74) is 0.690. The molecule has 0 aliphatic heterocycles. The summed E-state index contributed by atoms with van der Waals surface area (Å²) >= 11 is 5.84. The first-order valence-corrected chi connectivity index (χ1v) is 7.33. The Balaban J connectivity index is 2.13. The Morgan fingerprint density at radius 3 is 2.67 bits per heavy atom. The number of halogens is 2. The fraction of sp³-hybridized carbons (Fsp3) is 0.188. The van der Waals surface area contributed by atoms with Crippen LogP contribution in [0.25, 0.3) is 0 Å². The van der Waals surface area contributed by atoms with Gasteiger partial charge >= 0.3 is 5.69 Å². The van der Waals surface area contributed by atoms with Gasteiger partial charge in [0.25, 0.3) is 5.91 Å². The van der Waals surface area contributed by atoms with Crippen molar-refractivity contribution in [2.24, 2.45) is 0 Å². The fourth-order valence-corrected chi connectivity index (χ4v) is 2.15. The molecule has 0 fully saturated rings. The van der Waals surface area contributed by atoms with Gasteiger partial charge in [-0.05, 0) is 43.7 Å². The highest BCUT2D eigenvalue weighted by molar-refractivity contribution is 6.33. The second-order valence-corrected chi connectivity index (χ2v) is 5.51. The summed E-state index contributed by atoms with van der Waals surface area (Å²) in [5, 5.41) is 13.6. The molecule has 0 aromatic heterocycles. The lowest BCUT2D eigenvalue weighted by molar-refractivity contribution is -0.386. The van der Waals surface area contributed by atoms with Gasteiger partial charge in [0, 0.05) is 6.07 Å². The minimum atomic E-state index is -1.02. The number of carbonyl (C=O) groups excluding carboxylic acids is 1. The van der Waals surface area contributed by atoms with Crippen molar-refractivity contribution in [3.8, 4) is 5.75 Å². The highest BCUT2D eigenvalue weighted by Gasteiger charge is 2.22. The van der Waals surface area contributed by atoms with Crippen LogP contribution in [0.2, 0.25) is 5.02 Å². The maximum atomic E-state index is 13.0. The second-order valence-electron chi connectivity index (χ2n) is 5.10. The van der Waals surface area contributed by atoms with E-state index < -0.39 is 22.8 Å². The van der Waals surface area contributed by atoms with E-state index in [2.05, 4.69) is 5.32 Å². The zero-order valence-corrected chi connectivity index (χ0v) is 13.6. The number of aryl methyl sites for hydroxylation is 1. The molecule has 126 valence electrons. The van der Waals surface area contributed by atoms with Gasteiger partial charge in [0.15, 0.2) is 11.9 Å². The average molecular weight is 353 g/mol. The van der Waals surface area contributed by atoms with E-state index in [1.807, 2.05) is 0 Å². The number of nitrogens with zero attached hydrogens (tertiary/aromatic N) is 1. The molecule has 0 spiro atoms. The third-order valence-corrected chi connectivity index (χ3v) is 3.49. The third kappa shape index (κ3) is 4.20. The van der Waals surface area contributed by atoms with E-state index in [0.29, 0.717) is 5.56 Å². The number of hydrogen-bond donors (Lipinski definition) is 1. The summed E-state index contributed by atoms with van der Waals surface area (Å²) in [4.78, 5) is 22.6. The minimum absolute atomic E-state index is 0.0153. The van der Waals surface area contributed by atoms with Crippen LogP contribution in [0, 0.1) is 22.9 Å². The summed E-state index contributed by atoms with van der Waals surface area (Å²) in [5.74, 6) is -1.12. The first-order chi connectivity index (χ1) is 11.3. The molecule has 0 heterocycles. The Morgan fingerprint density at radius 1 is 1.33 bits per heavy atom. The summed E-state index contributed by atoms with van der Waals surface area (Å²) < 4.78 is 18.4. The number of nitro benzene ring substituents is 1. The zero-order chi connectivity index (χ0) is 17.9. The maximum Gasteiger partial charge on any atom is 0.311 e. The van der Waals surface area contributed by atoms with Gasteiger partial charge in [-0.15, -0.1) is 0 Å². The molecule has 2 rings (SSSR count). The van der Waals surface area contributed by atoms with Crippen molar-refractivity contribution >= 4 is 28.9 Å². The van der Waals surface area contributed by atoms with Crippen LogP contribution < -0.4 is 10.1 Å². The Bertz CT molecular complexity index is 798. The van der Waals surface area contributed by atoms with E-state index in [-0.39, 0.29) is 22.1 Å². The lowest BCUT2D eigenvalue weighted by atomic mass is 10.2. The molecular formula is C16H14ClFN2O4. The number of benzene rings is 2. The molecule has 0 saturated carbocycles. The van der Waals surface area contributed by atoms with Gasteiger partial charge in [-0.25, -0.2) is 4.39 Å². The normalized spacial score (nSPS) is 11.7. The molecule has 0 radical (unpaired) electrons. The molecular weight excluding hydrogens is 339 g/mol. The molecule has 1 amide bonds. The lowest BCUT2D eigenvalue weighted by Crippen LogP contribution is -2.30. The molecule has 24 heavy (non-hydrogen) atoms. The van der Waals surface area contributed by atoms with Crippen molar-refractivity contribution in [2.75, 3.05) is 5.32 Å². The Hall–Kier alpha value is -2.67. The monoisotopic (exact) mass is 352 g/mol. The Kier molecular flexibility index (Phi) is 5.35. The van der Waals surface area contributed by atoms with Crippen LogP contribution in [0.15, 0.2) is 36.4 Å². The number of nitrogens with one attached hydrogen (secondary N) is 1. The van der Waals surface area contributed by atoms with Crippen molar-refractivity contribution in [1.82, 2.24) is 0 Å². The van der Waals surface area contributed by atoms with Crippen molar-refractivity contribution < 1.29 is 18.8 Å². The predicted molar refractivity (Wildman–Crippen MR) is 88.0 cm³/mol. The van der Waals surface area contributed by atoms with E-state index in [4.69, 9.17) is 16.3 Å². The molecule has 1 atom stereocenters. The van der Waals surface area contributed by atoms with Gasteiger partial charge in [0.05, 0.1) is 15.6 Å². The summed E-state index contributed by atoms with van der Waals surface area (Å²) in [7, 11) is 0. The molecule has 2 aromatic carbocycles. The molecule has 0 aliphatic carbocycles. The van der Waals surface area contributed by atoms with Gasteiger partial charge in [-0.1, -0.05) is 17.7 Å². The van der Waals surface area contributed by atoms with Crippen LogP contribution >= 0.6 is 11.6 Å². The molecule has 0 aliphatic rings. The highest BCUT2D eigenvalue weighted by atomic mass is 35.5. The van der Waals surface area contributed by atoms with Gasteiger partial charge in [0.2, 0.25) is 0 Å². The number of carbonyl (C=O) groups is 1. The molecule has 0 saturated heterocycles. The third-order valence-electron chi connectivity index (χ3n) is 3.17. The van der Waals surface area contributed by atoms with Crippen LogP contribution in [0.4, 0.5) is 15.8 Å². The van der Waals surface area contributed by atoms with E-state index in [9.17, 15) is 19.3 Å². The Labute approximate surface area is 142 Å². The maximum absolute atomic E-state index is 13.0. The largest absolute Gasteiger partial charge is 0.474 e. The molecule has 2 aromatic rings. The SMILES string of the molecule is Cc1ccc(O[C@H](C)C(=O)Nc2ccc(F)cc2Cl)c([N+](=O)[O-])c1. The molecule has 8 heteroatoms. The van der Waals surface area contributed by atoms with E-state index in [1.165, 1.54) is 25.1 Å². The number of rotatable bonds is 5. The van der Waals surface area contributed by atoms with Crippen LogP contribution in [-0.2, 0) is 4.79 Å². The van der Waals surface area contributed by atoms with E-state index in [1.54, 1.807) is 13.0 Å². The molecule has 0 unspecified atom stereocenters. The van der Waals surface area contributed by atoms with Gasteiger partial charge in [-0.2, -0.15) is 0 Å². The van der Waals surface area contributed by atoms with E-state index in [0.717, 1.165) is 12.1 Å². The number of hydrogen-bond acceptors (Lipinski definition) is 4. The van der Waals surface area contributed by atoms with Gasteiger partial charge in [-0.3, -0.25) is 14.9 Å². The molecule has 1 N–H and O–H groups in total. The van der Waals surface area contributed by atoms with E-state index >= 15 is 0 Å². The van der Waals surface area contributed by atoms with Crippen molar-refractivity contribution in [3.63, 3.8) is 0 Å². The smallest absolute Gasteiger partial charge is 0.311 e. The first kappa shape index (κ1) is 17.7. The van der Waals surface area contributed by atoms with Crippen LogP contribution in [0.3, 0.4) is 0 Å². The Morgan fingerprint density at radius 2 is 2.04 bits per heavy atom. The molecule has 6 nitrogen and oxygen atoms in total. The number of amides is 1. The zero-order valence-electron chi connectivity index (χ0n) is 12.9. The molecule has 0 bridgehead atoms. The topological polar surface area (TPSA) is 81.5 Å². The summed E-state index contributed by atoms with van der Waals surface area (Å²) in [6, 6.07) is 7.96. The minimum Gasteiger partial charge on any atom is -0.474 e. The van der Waals surface area contributed by atoms with Crippen molar-refractivity contribution in [2.45, 2.75) is 20.0 Å². The lowest BCUT2D eigenvalue weighted by Gasteiger charge is -2.15. The standard InChI is InChI=1S/C16H14ClFN2O4/c1-9-3-6-15(14(7-9)20(22)23)24-10(2)16(21)19-13-5-4-11(18)8-12(13)17/h3-8,10H,1-2H3,(H,19,21)/t10-/m1/s1. The number of nitro groups is 1. The second kappa shape index (κ2) is 7.27. The van der Waals surface area contributed by atoms with Gasteiger partial charge < -0.3 is 10.1 Å². The van der Waals surface area contributed by atoms with Crippen molar-refractivity contribution in [3.05, 3.63) is 62.9 Å². The predicted octanol–water partition coefficient (Wildman–Crippen LogP) is 4.10.